The van der Waals surface area contributed by atoms with E-state index in [0.29, 0.717) is 6.42 Å². The smallest absolute Gasteiger partial charge is 0.320 e. The molecule has 0 unspecified atom stereocenters. The predicted octanol–water partition coefficient (Wildman–Crippen LogP) is 2.85. The summed E-state index contributed by atoms with van der Waals surface area (Å²) in [6.07, 6.45) is 8.58. The van der Waals surface area contributed by atoms with E-state index < -0.39 is 17.9 Å². The molecule has 18 heavy (non-hydrogen) atoms. The summed E-state index contributed by atoms with van der Waals surface area (Å²) < 4.78 is 9.13. The summed E-state index contributed by atoms with van der Waals surface area (Å²) in [6, 6.07) is 0. The molecule has 0 bridgehead atoms. The topological polar surface area (TPSA) is 52.6 Å². The van der Waals surface area contributed by atoms with Crippen molar-refractivity contribution in [3.63, 3.8) is 0 Å². The second-order valence-electron chi connectivity index (χ2n) is 3.84. The standard InChI is InChI=1S/C13H21BrO4/c1-17-12(15)11(13(16)18-2)9-7-5-3-4-6-8-10-14/h5,7,11H,3-4,6,8-10H2,1-2H3. The lowest BCUT2D eigenvalue weighted by atomic mass is 10.1. The van der Waals surface area contributed by atoms with Crippen LogP contribution in [0, 0.1) is 5.92 Å². The van der Waals surface area contributed by atoms with E-state index in [1.54, 1.807) is 0 Å². The fraction of sp³-hybridized carbons (Fsp3) is 0.692. The third-order valence-electron chi connectivity index (χ3n) is 2.51. The Balaban J connectivity index is 3.99. The summed E-state index contributed by atoms with van der Waals surface area (Å²) in [5.74, 6) is -1.95. The number of hydrogen-bond donors (Lipinski definition) is 0. The molecule has 0 aliphatic carbocycles. The minimum Gasteiger partial charge on any atom is -0.468 e. The molecule has 0 amide bonds. The Morgan fingerprint density at radius 3 is 2.17 bits per heavy atom. The number of ether oxygens (including phenoxy) is 2. The molecular weight excluding hydrogens is 300 g/mol. The maximum absolute atomic E-state index is 11.4. The van der Waals surface area contributed by atoms with Gasteiger partial charge in [0.05, 0.1) is 14.2 Å². The molecule has 0 saturated heterocycles. The molecule has 0 heterocycles. The van der Waals surface area contributed by atoms with Gasteiger partial charge in [0, 0.05) is 5.33 Å². The molecule has 0 atom stereocenters. The van der Waals surface area contributed by atoms with E-state index in [-0.39, 0.29) is 0 Å². The zero-order valence-electron chi connectivity index (χ0n) is 11.0. The van der Waals surface area contributed by atoms with Gasteiger partial charge in [-0.05, 0) is 25.7 Å². The fourth-order valence-corrected chi connectivity index (χ4v) is 1.85. The van der Waals surface area contributed by atoms with Crippen molar-refractivity contribution in [2.24, 2.45) is 5.92 Å². The monoisotopic (exact) mass is 320 g/mol. The van der Waals surface area contributed by atoms with Crippen LogP contribution in [0.2, 0.25) is 0 Å². The first-order valence-electron chi connectivity index (χ1n) is 6.04. The molecule has 0 aromatic heterocycles. The molecule has 0 aliphatic heterocycles. The predicted molar refractivity (Wildman–Crippen MR) is 73.5 cm³/mol. The van der Waals surface area contributed by atoms with Crippen LogP contribution in [-0.4, -0.2) is 31.5 Å². The van der Waals surface area contributed by atoms with Gasteiger partial charge in [-0.3, -0.25) is 9.59 Å². The first kappa shape index (κ1) is 17.2. The largest absolute Gasteiger partial charge is 0.468 e. The molecule has 5 heteroatoms. The highest BCUT2D eigenvalue weighted by atomic mass is 79.9. The zero-order valence-corrected chi connectivity index (χ0v) is 12.6. The molecule has 0 fully saturated rings. The summed E-state index contributed by atoms with van der Waals surface area (Å²) >= 11 is 3.38. The number of esters is 2. The number of rotatable bonds is 9. The minimum atomic E-state index is -0.848. The van der Waals surface area contributed by atoms with E-state index in [2.05, 4.69) is 25.4 Å². The highest BCUT2D eigenvalue weighted by Gasteiger charge is 2.26. The van der Waals surface area contributed by atoms with Crippen molar-refractivity contribution in [1.29, 1.82) is 0 Å². The molecule has 0 saturated carbocycles. The van der Waals surface area contributed by atoms with Crippen LogP contribution < -0.4 is 0 Å². The molecule has 104 valence electrons. The molecular formula is C13H21BrO4. The third kappa shape index (κ3) is 7.48. The summed E-state index contributed by atoms with van der Waals surface area (Å²) in [6.45, 7) is 0. The van der Waals surface area contributed by atoms with Crippen LogP contribution >= 0.6 is 15.9 Å². The van der Waals surface area contributed by atoms with Gasteiger partial charge in [0.15, 0.2) is 5.92 Å². The Kier molecular flexibility index (Phi) is 10.7. The van der Waals surface area contributed by atoms with Gasteiger partial charge in [0.1, 0.15) is 0 Å². The fourth-order valence-electron chi connectivity index (χ4n) is 1.46. The number of carbonyl (C=O) groups is 2. The van der Waals surface area contributed by atoms with E-state index in [9.17, 15) is 9.59 Å². The molecule has 0 spiro atoms. The van der Waals surface area contributed by atoms with Gasteiger partial charge in [-0.1, -0.05) is 34.5 Å². The average molecular weight is 321 g/mol. The van der Waals surface area contributed by atoms with Gasteiger partial charge in [-0.2, -0.15) is 0 Å². The number of hydrogen-bond acceptors (Lipinski definition) is 4. The van der Waals surface area contributed by atoms with Crippen LogP contribution in [0.15, 0.2) is 12.2 Å². The number of allylic oxidation sites excluding steroid dienone is 2. The van der Waals surface area contributed by atoms with Crippen molar-refractivity contribution in [1.82, 2.24) is 0 Å². The van der Waals surface area contributed by atoms with Gasteiger partial charge in [0.2, 0.25) is 0 Å². The highest BCUT2D eigenvalue weighted by Crippen LogP contribution is 2.10. The number of carbonyl (C=O) groups excluding carboxylic acids is 2. The molecule has 0 aromatic rings. The van der Waals surface area contributed by atoms with Crippen molar-refractivity contribution >= 4 is 27.9 Å². The quantitative estimate of drug-likeness (QED) is 0.215. The maximum Gasteiger partial charge on any atom is 0.320 e. The van der Waals surface area contributed by atoms with Gasteiger partial charge in [-0.15, -0.1) is 0 Å². The second kappa shape index (κ2) is 11.3. The molecule has 0 aromatic carbocycles. The van der Waals surface area contributed by atoms with Crippen LogP contribution in [0.25, 0.3) is 0 Å². The summed E-state index contributed by atoms with van der Waals surface area (Å²) in [7, 11) is 2.53. The van der Waals surface area contributed by atoms with E-state index in [4.69, 9.17) is 0 Å². The first-order chi connectivity index (χ1) is 8.67. The number of alkyl halides is 1. The normalized spacial score (nSPS) is 10.9. The van der Waals surface area contributed by atoms with Crippen LogP contribution in [0.3, 0.4) is 0 Å². The molecule has 0 radical (unpaired) electrons. The maximum atomic E-state index is 11.4. The molecule has 0 N–H and O–H groups in total. The lowest BCUT2D eigenvalue weighted by Crippen LogP contribution is -2.25. The van der Waals surface area contributed by atoms with E-state index in [1.165, 1.54) is 27.1 Å². The summed E-state index contributed by atoms with van der Waals surface area (Å²) in [5.41, 5.74) is 0. The lowest BCUT2D eigenvalue weighted by Gasteiger charge is -2.09. The van der Waals surface area contributed by atoms with Gasteiger partial charge < -0.3 is 9.47 Å². The molecule has 0 aliphatic rings. The van der Waals surface area contributed by atoms with Crippen LogP contribution in [0.5, 0.6) is 0 Å². The molecule has 0 rings (SSSR count). The van der Waals surface area contributed by atoms with Crippen LogP contribution in [-0.2, 0) is 19.1 Å². The third-order valence-corrected chi connectivity index (χ3v) is 3.08. The first-order valence-corrected chi connectivity index (χ1v) is 7.16. The Morgan fingerprint density at radius 2 is 1.67 bits per heavy atom. The van der Waals surface area contributed by atoms with Crippen molar-refractivity contribution in [3.05, 3.63) is 12.2 Å². The lowest BCUT2D eigenvalue weighted by molar-refractivity contribution is -0.158. The van der Waals surface area contributed by atoms with Crippen molar-refractivity contribution in [2.75, 3.05) is 19.5 Å². The van der Waals surface area contributed by atoms with E-state index in [0.717, 1.165) is 18.2 Å². The Bertz CT molecular complexity index is 260. The van der Waals surface area contributed by atoms with Crippen molar-refractivity contribution in [3.8, 4) is 0 Å². The van der Waals surface area contributed by atoms with Gasteiger partial charge in [-0.25, -0.2) is 0 Å². The zero-order chi connectivity index (χ0) is 13.8. The number of halogens is 1. The average Bonchev–Trinajstić information content (AvgIpc) is 2.40. The summed E-state index contributed by atoms with van der Waals surface area (Å²) in [4.78, 5) is 22.7. The highest BCUT2D eigenvalue weighted by molar-refractivity contribution is 9.09. The SMILES string of the molecule is COC(=O)C(CC=CCCCCCBr)C(=O)OC. The van der Waals surface area contributed by atoms with Crippen molar-refractivity contribution in [2.45, 2.75) is 32.1 Å². The van der Waals surface area contributed by atoms with Crippen LogP contribution in [0.4, 0.5) is 0 Å². The van der Waals surface area contributed by atoms with E-state index >= 15 is 0 Å². The Labute approximate surface area is 117 Å². The second-order valence-corrected chi connectivity index (χ2v) is 4.64. The Hall–Kier alpha value is -0.840. The van der Waals surface area contributed by atoms with Crippen molar-refractivity contribution < 1.29 is 19.1 Å². The van der Waals surface area contributed by atoms with Gasteiger partial charge >= 0.3 is 11.9 Å². The van der Waals surface area contributed by atoms with Crippen LogP contribution in [0.1, 0.15) is 32.1 Å². The van der Waals surface area contributed by atoms with E-state index in [1.807, 2.05) is 12.2 Å². The minimum absolute atomic E-state index is 0.331. The number of unbranched alkanes of at least 4 members (excludes halogenated alkanes) is 3. The number of methoxy groups -OCH3 is 2. The Morgan fingerprint density at radius 1 is 1.06 bits per heavy atom. The molecule has 4 nitrogen and oxygen atoms in total. The summed E-state index contributed by atoms with van der Waals surface area (Å²) in [5, 5.41) is 1.03. The van der Waals surface area contributed by atoms with Gasteiger partial charge in [0.25, 0.3) is 0 Å².